The molecule has 4 rings (SSSR count). The van der Waals surface area contributed by atoms with Crippen molar-refractivity contribution in [2.45, 2.75) is 30.1 Å². The average Bonchev–Trinajstić information content (AvgIpc) is 3.32. The lowest BCUT2D eigenvalue weighted by Crippen LogP contribution is -2.29. The van der Waals surface area contributed by atoms with Crippen molar-refractivity contribution in [3.8, 4) is 0 Å². The fraction of sp³-hybridized carbons (Fsp3) is 0.350. The van der Waals surface area contributed by atoms with Crippen LogP contribution in [0.25, 0.3) is 0 Å². The van der Waals surface area contributed by atoms with E-state index in [1.165, 1.54) is 5.56 Å². The highest BCUT2D eigenvalue weighted by Crippen LogP contribution is 2.31. The molecule has 2 fully saturated rings. The predicted molar refractivity (Wildman–Crippen MR) is 101 cm³/mol. The first-order chi connectivity index (χ1) is 12.6. The Bertz CT molecular complexity index is 894. The third-order valence-corrected chi connectivity index (χ3v) is 7.16. The van der Waals surface area contributed by atoms with Gasteiger partial charge in [-0.25, -0.2) is 8.42 Å². The first kappa shape index (κ1) is 17.2. The number of sulfonamides is 1. The number of nitrogens with zero attached hydrogens (tertiary/aromatic N) is 2. The summed E-state index contributed by atoms with van der Waals surface area (Å²) in [6.45, 7) is 1.75. The number of carbonyl (C=O) groups excluding carboxylic acids is 1. The van der Waals surface area contributed by atoms with Crippen molar-refractivity contribution in [1.29, 1.82) is 0 Å². The predicted octanol–water partition coefficient (Wildman–Crippen LogP) is 2.99. The summed E-state index contributed by atoms with van der Waals surface area (Å²) < 4.78 is 27.5. The standard InChI is InChI=1S/C20H22N2O3S/c23-20-7-4-13-22(20)18-8-10-19(11-9-18)26(24,25)21-14-12-17(15-21)16-5-2-1-3-6-16/h1-3,5-6,8-11,17H,4,7,12-15H2. The summed E-state index contributed by atoms with van der Waals surface area (Å²) in [6.07, 6.45) is 2.26. The summed E-state index contributed by atoms with van der Waals surface area (Å²) >= 11 is 0. The van der Waals surface area contributed by atoms with Crippen LogP contribution in [0, 0.1) is 0 Å². The molecule has 0 bridgehead atoms. The summed E-state index contributed by atoms with van der Waals surface area (Å²) in [6, 6.07) is 16.8. The van der Waals surface area contributed by atoms with E-state index in [-0.39, 0.29) is 11.8 Å². The van der Waals surface area contributed by atoms with Gasteiger partial charge in [0, 0.05) is 31.7 Å². The Morgan fingerprint density at radius 1 is 0.923 bits per heavy atom. The number of benzene rings is 2. The van der Waals surface area contributed by atoms with Gasteiger partial charge in [-0.05, 0) is 48.6 Å². The Morgan fingerprint density at radius 3 is 2.31 bits per heavy atom. The summed E-state index contributed by atoms with van der Waals surface area (Å²) in [5.74, 6) is 0.346. The highest BCUT2D eigenvalue weighted by atomic mass is 32.2. The van der Waals surface area contributed by atoms with Gasteiger partial charge in [0.25, 0.3) is 0 Å². The quantitative estimate of drug-likeness (QED) is 0.831. The number of hydrogen-bond acceptors (Lipinski definition) is 3. The number of carbonyl (C=O) groups is 1. The molecule has 0 N–H and O–H groups in total. The van der Waals surface area contributed by atoms with Crippen molar-refractivity contribution in [1.82, 2.24) is 4.31 Å². The Morgan fingerprint density at radius 2 is 1.65 bits per heavy atom. The van der Waals surface area contributed by atoms with Crippen LogP contribution in [0.2, 0.25) is 0 Å². The smallest absolute Gasteiger partial charge is 0.243 e. The van der Waals surface area contributed by atoms with E-state index >= 15 is 0 Å². The fourth-order valence-electron chi connectivity index (χ4n) is 3.81. The van der Waals surface area contributed by atoms with Crippen LogP contribution in [-0.4, -0.2) is 38.3 Å². The lowest BCUT2D eigenvalue weighted by atomic mass is 9.99. The van der Waals surface area contributed by atoms with Crippen LogP contribution in [0.4, 0.5) is 5.69 Å². The van der Waals surface area contributed by atoms with Crippen LogP contribution in [0.15, 0.2) is 59.5 Å². The van der Waals surface area contributed by atoms with Gasteiger partial charge in [0.1, 0.15) is 0 Å². The van der Waals surface area contributed by atoms with Crippen LogP contribution in [0.1, 0.15) is 30.7 Å². The van der Waals surface area contributed by atoms with E-state index < -0.39 is 10.0 Å². The van der Waals surface area contributed by atoms with E-state index in [1.54, 1.807) is 33.5 Å². The molecule has 136 valence electrons. The number of rotatable bonds is 4. The van der Waals surface area contributed by atoms with Gasteiger partial charge in [-0.1, -0.05) is 30.3 Å². The molecule has 0 aliphatic carbocycles. The van der Waals surface area contributed by atoms with Crippen molar-refractivity contribution < 1.29 is 13.2 Å². The zero-order chi connectivity index (χ0) is 18.1. The van der Waals surface area contributed by atoms with Crippen LogP contribution in [0.5, 0.6) is 0 Å². The van der Waals surface area contributed by atoms with Crippen LogP contribution >= 0.6 is 0 Å². The van der Waals surface area contributed by atoms with E-state index in [2.05, 4.69) is 12.1 Å². The molecule has 6 heteroatoms. The molecule has 1 amide bonds. The SMILES string of the molecule is O=C1CCCN1c1ccc(S(=O)(=O)N2CCC(c3ccccc3)C2)cc1. The molecule has 0 radical (unpaired) electrons. The second kappa shape index (κ2) is 6.85. The van der Waals surface area contributed by atoms with Gasteiger partial charge in [-0.15, -0.1) is 0 Å². The highest BCUT2D eigenvalue weighted by Gasteiger charge is 2.33. The maximum atomic E-state index is 13.0. The van der Waals surface area contributed by atoms with Gasteiger partial charge in [0.05, 0.1) is 4.90 Å². The molecule has 2 aliphatic rings. The maximum Gasteiger partial charge on any atom is 0.243 e. The number of amides is 1. The Balaban J connectivity index is 1.51. The average molecular weight is 370 g/mol. The third kappa shape index (κ3) is 3.15. The van der Waals surface area contributed by atoms with Crippen LogP contribution in [0.3, 0.4) is 0 Å². The van der Waals surface area contributed by atoms with Gasteiger partial charge in [0.15, 0.2) is 0 Å². The highest BCUT2D eigenvalue weighted by molar-refractivity contribution is 7.89. The molecule has 2 heterocycles. The number of hydrogen-bond donors (Lipinski definition) is 0. The fourth-order valence-corrected chi connectivity index (χ4v) is 5.31. The van der Waals surface area contributed by atoms with Crippen molar-refractivity contribution >= 4 is 21.6 Å². The molecule has 0 aromatic heterocycles. The number of anilines is 1. The zero-order valence-electron chi connectivity index (χ0n) is 14.5. The molecule has 1 unspecified atom stereocenters. The van der Waals surface area contributed by atoms with Gasteiger partial charge in [-0.2, -0.15) is 4.31 Å². The zero-order valence-corrected chi connectivity index (χ0v) is 15.4. The summed E-state index contributed by atoms with van der Waals surface area (Å²) in [5.41, 5.74) is 1.96. The molecule has 26 heavy (non-hydrogen) atoms. The lowest BCUT2D eigenvalue weighted by Gasteiger charge is -2.19. The molecule has 5 nitrogen and oxygen atoms in total. The third-order valence-electron chi connectivity index (χ3n) is 5.28. The minimum atomic E-state index is -3.50. The molecule has 2 aromatic rings. The molecule has 2 aliphatic heterocycles. The lowest BCUT2D eigenvalue weighted by molar-refractivity contribution is -0.117. The Labute approximate surface area is 154 Å². The topological polar surface area (TPSA) is 57.7 Å². The van der Waals surface area contributed by atoms with Crippen LogP contribution < -0.4 is 4.90 Å². The minimum Gasteiger partial charge on any atom is -0.312 e. The second-order valence-electron chi connectivity index (χ2n) is 6.90. The van der Waals surface area contributed by atoms with Gasteiger partial charge >= 0.3 is 0 Å². The van der Waals surface area contributed by atoms with E-state index in [0.717, 1.165) is 18.5 Å². The van der Waals surface area contributed by atoms with Gasteiger partial charge in [-0.3, -0.25) is 4.79 Å². The summed E-state index contributed by atoms with van der Waals surface area (Å²) in [4.78, 5) is 13.8. The van der Waals surface area contributed by atoms with Crippen LogP contribution in [-0.2, 0) is 14.8 Å². The molecule has 2 saturated heterocycles. The summed E-state index contributed by atoms with van der Waals surface area (Å²) in [7, 11) is -3.50. The molecular formula is C20H22N2O3S. The molecule has 0 saturated carbocycles. The van der Waals surface area contributed by atoms with E-state index in [0.29, 0.717) is 31.0 Å². The van der Waals surface area contributed by atoms with Crippen molar-refractivity contribution in [3.05, 3.63) is 60.2 Å². The van der Waals surface area contributed by atoms with E-state index in [4.69, 9.17) is 0 Å². The molecule has 1 atom stereocenters. The Hall–Kier alpha value is -2.18. The monoisotopic (exact) mass is 370 g/mol. The summed E-state index contributed by atoms with van der Waals surface area (Å²) in [5, 5.41) is 0. The van der Waals surface area contributed by atoms with E-state index in [9.17, 15) is 13.2 Å². The first-order valence-corrected chi connectivity index (χ1v) is 10.5. The van der Waals surface area contributed by atoms with Crippen molar-refractivity contribution in [2.75, 3.05) is 24.5 Å². The van der Waals surface area contributed by atoms with E-state index in [1.807, 2.05) is 18.2 Å². The maximum absolute atomic E-state index is 13.0. The Kier molecular flexibility index (Phi) is 4.54. The van der Waals surface area contributed by atoms with Gasteiger partial charge < -0.3 is 4.90 Å². The molecular weight excluding hydrogens is 348 g/mol. The minimum absolute atomic E-state index is 0.103. The normalized spacial score (nSPS) is 21.5. The van der Waals surface area contributed by atoms with Crippen molar-refractivity contribution in [3.63, 3.8) is 0 Å². The molecule has 0 spiro atoms. The van der Waals surface area contributed by atoms with Gasteiger partial charge in [0.2, 0.25) is 15.9 Å². The largest absolute Gasteiger partial charge is 0.312 e. The molecule has 2 aromatic carbocycles. The second-order valence-corrected chi connectivity index (χ2v) is 8.84. The first-order valence-electron chi connectivity index (χ1n) is 9.01. The van der Waals surface area contributed by atoms with Crippen molar-refractivity contribution in [2.24, 2.45) is 0 Å².